The van der Waals surface area contributed by atoms with Gasteiger partial charge in [-0.05, 0) is 68.0 Å². The van der Waals surface area contributed by atoms with Gasteiger partial charge in [0.15, 0.2) is 0 Å². The van der Waals surface area contributed by atoms with Gasteiger partial charge in [0.25, 0.3) is 0 Å². The molecule has 1 atom stereocenters. The van der Waals surface area contributed by atoms with E-state index in [2.05, 4.69) is 24.3 Å². The Kier molecular flexibility index (Phi) is 5.77. The zero-order chi connectivity index (χ0) is 18.7. The van der Waals surface area contributed by atoms with Gasteiger partial charge in [-0.3, -0.25) is 0 Å². The van der Waals surface area contributed by atoms with Crippen molar-refractivity contribution in [3.05, 3.63) is 59.2 Å². The molecule has 6 heteroatoms. The van der Waals surface area contributed by atoms with E-state index >= 15 is 0 Å². The number of rotatable bonds is 5. The van der Waals surface area contributed by atoms with Gasteiger partial charge < -0.3 is 15.3 Å². The van der Waals surface area contributed by atoms with Gasteiger partial charge in [0, 0.05) is 19.0 Å². The van der Waals surface area contributed by atoms with Crippen LogP contribution in [0.5, 0.6) is 0 Å². The van der Waals surface area contributed by atoms with E-state index in [-0.39, 0.29) is 11.5 Å². The highest BCUT2D eigenvalue weighted by molar-refractivity contribution is 7.91. The molecule has 0 saturated heterocycles. The zero-order valence-corrected chi connectivity index (χ0v) is 16.1. The molecule has 0 saturated carbocycles. The van der Waals surface area contributed by atoms with Crippen LogP contribution in [0.2, 0.25) is 0 Å². The summed E-state index contributed by atoms with van der Waals surface area (Å²) in [5.74, 6) is 0.350. The minimum Gasteiger partial charge on any atom is -0.392 e. The number of hydrogen-bond donors (Lipinski definition) is 2. The summed E-state index contributed by atoms with van der Waals surface area (Å²) < 4.78 is 26.0. The van der Waals surface area contributed by atoms with Crippen molar-refractivity contribution >= 4 is 9.84 Å². The lowest BCUT2D eigenvalue weighted by Gasteiger charge is -2.22. The van der Waals surface area contributed by atoms with Gasteiger partial charge in [-0.15, -0.1) is 0 Å². The predicted octanol–water partition coefficient (Wildman–Crippen LogP) is 1.80. The second kappa shape index (κ2) is 7.88. The largest absolute Gasteiger partial charge is 0.392 e. The number of nitrogens with one attached hydrogen (secondary N) is 1. The maximum Gasteiger partial charge on any atom is 0.206 e. The third kappa shape index (κ3) is 3.99. The topological polar surface area (TPSA) is 69.6 Å². The van der Waals surface area contributed by atoms with E-state index in [1.807, 2.05) is 12.1 Å². The quantitative estimate of drug-likeness (QED) is 0.835. The van der Waals surface area contributed by atoms with E-state index in [1.54, 1.807) is 30.3 Å². The van der Waals surface area contributed by atoms with Crippen LogP contribution in [0.1, 0.15) is 22.6 Å². The van der Waals surface area contributed by atoms with Crippen molar-refractivity contribution in [2.24, 2.45) is 0 Å². The molecule has 0 aliphatic carbocycles. The van der Waals surface area contributed by atoms with E-state index in [9.17, 15) is 8.42 Å². The van der Waals surface area contributed by atoms with Crippen LogP contribution in [-0.2, 0) is 22.9 Å². The van der Waals surface area contributed by atoms with Crippen molar-refractivity contribution in [1.29, 1.82) is 0 Å². The van der Waals surface area contributed by atoms with Crippen LogP contribution in [0.15, 0.2) is 52.3 Å². The smallest absolute Gasteiger partial charge is 0.206 e. The summed E-state index contributed by atoms with van der Waals surface area (Å²) in [6, 6.07) is 11.9. The molecule has 26 heavy (non-hydrogen) atoms. The summed E-state index contributed by atoms with van der Waals surface area (Å²) in [4.78, 5) is 2.75. The van der Waals surface area contributed by atoms with Crippen LogP contribution >= 0.6 is 0 Å². The molecule has 0 spiro atoms. The normalized spacial score (nSPS) is 17.8. The van der Waals surface area contributed by atoms with Gasteiger partial charge in [-0.2, -0.15) is 0 Å². The maximum atomic E-state index is 13.0. The molecule has 0 radical (unpaired) electrons. The number of aliphatic hydroxyl groups excluding tert-OH is 1. The fourth-order valence-corrected chi connectivity index (χ4v) is 4.80. The van der Waals surface area contributed by atoms with E-state index in [1.165, 1.54) is 5.56 Å². The zero-order valence-electron chi connectivity index (χ0n) is 15.3. The summed E-state index contributed by atoms with van der Waals surface area (Å²) in [5, 5.41) is 12.6. The molecule has 0 fully saturated rings. The van der Waals surface area contributed by atoms with Gasteiger partial charge >= 0.3 is 0 Å². The summed E-state index contributed by atoms with van der Waals surface area (Å²) in [6.07, 6.45) is 0.825. The van der Waals surface area contributed by atoms with E-state index in [0.717, 1.165) is 31.6 Å². The summed E-state index contributed by atoms with van der Waals surface area (Å²) in [5.41, 5.74) is 3.04. The van der Waals surface area contributed by atoms with Crippen LogP contribution in [0.25, 0.3) is 0 Å². The average molecular weight is 375 g/mol. The van der Waals surface area contributed by atoms with Crippen molar-refractivity contribution in [2.45, 2.75) is 28.7 Å². The molecule has 1 unspecified atom stereocenters. The van der Waals surface area contributed by atoms with Crippen LogP contribution in [0, 0.1) is 0 Å². The van der Waals surface area contributed by atoms with Crippen LogP contribution < -0.4 is 5.32 Å². The third-order valence-corrected chi connectivity index (χ3v) is 6.60. The Labute approximate surface area is 155 Å². The number of hydrogen-bond acceptors (Lipinski definition) is 5. The first-order valence-corrected chi connectivity index (χ1v) is 10.3. The van der Waals surface area contributed by atoms with Gasteiger partial charge in [0.05, 0.1) is 16.4 Å². The van der Waals surface area contributed by atoms with Crippen molar-refractivity contribution in [2.75, 3.05) is 33.7 Å². The van der Waals surface area contributed by atoms with Gasteiger partial charge in [0.1, 0.15) is 0 Å². The second-order valence-electron chi connectivity index (χ2n) is 7.08. The third-order valence-electron chi connectivity index (χ3n) is 4.83. The first kappa shape index (κ1) is 19.0. The molecule has 2 aromatic carbocycles. The first-order chi connectivity index (χ1) is 12.4. The molecule has 1 aliphatic heterocycles. The number of fused-ring (bicyclic) bond motifs is 1. The van der Waals surface area contributed by atoms with Gasteiger partial charge in [-0.1, -0.05) is 18.2 Å². The monoisotopic (exact) mass is 374 g/mol. The highest BCUT2D eigenvalue weighted by Crippen LogP contribution is 2.29. The van der Waals surface area contributed by atoms with Gasteiger partial charge in [-0.25, -0.2) is 8.42 Å². The molecule has 140 valence electrons. The van der Waals surface area contributed by atoms with Crippen molar-refractivity contribution in [1.82, 2.24) is 10.2 Å². The van der Waals surface area contributed by atoms with Crippen molar-refractivity contribution in [3.8, 4) is 0 Å². The summed E-state index contributed by atoms with van der Waals surface area (Å²) in [6.45, 7) is 2.58. The lowest BCUT2D eigenvalue weighted by Crippen LogP contribution is -2.28. The summed E-state index contributed by atoms with van der Waals surface area (Å²) >= 11 is 0. The number of aliphatic hydroxyl groups is 1. The fraction of sp³-hybridized carbons (Fsp3) is 0.400. The molecule has 0 bridgehead atoms. The standard InChI is InChI=1S/C20H26N2O3S/c1-22(2)13-17-12-21-10-9-16-11-19(7-8-20(16)17)26(24,25)18-5-3-15(14-23)4-6-18/h3-8,11,17,21,23H,9-10,12-14H2,1-2H3. The SMILES string of the molecule is CN(C)CC1CNCCc2cc(S(=O)(=O)c3ccc(CO)cc3)ccc21. The van der Waals surface area contributed by atoms with Crippen LogP contribution in [-0.4, -0.2) is 52.2 Å². The molecule has 1 heterocycles. The van der Waals surface area contributed by atoms with E-state index < -0.39 is 9.84 Å². The molecular formula is C20H26N2O3S. The molecule has 0 aromatic heterocycles. The fourth-order valence-electron chi connectivity index (χ4n) is 3.49. The van der Waals surface area contributed by atoms with Crippen molar-refractivity contribution < 1.29 is 13.5 Å². The highest BCUT2D eigenvalue weighted by atomic mass is 32.2. The maximum absolute atomic E-state index is 13.0. The van der Waals surface area contributed by atoms with Gasteiger partial charge in [0.2, 0.25) is 9.84 Å². The number of nitrogens with zero attached hydrogens (tertiary/aromatic N) is 1. The molecule has 0 amide bonds. The Hall–Kier alpha value is -1.73. The lowest BCUT2D eigenvalue weighted by atomic mass is 9.93. The number of sulfone groups is 1. The summed E-state index contributed by atoms with van der Waals surface area (Å²) in [7, 11) is 0.548. The Balaban J connectivity index is 1.97. The van der Waals surface area contributed by atoms with Crippen LogP contribution in [0.3, 0.4) is 0 Å². The Morgan fingerprint density at radius 1 is 1.12 bits per heavy atom. The first-order valence-electron chi connectivity index (χ1n) is 8.85. The molecular weight excluding hydrogens is 348 g/mol. The number of benzene rings is 2. The Morgan fingerprint density at radius 2 is 1.81 bits per heavy atom. The number of likely N-dealkylation sites (N-methyl/N-ethyl adjacent to an activating group) is 1. The van der Waals surface area contributed by atoms with Crippen LogP contribution in [0.4, 0.5) is 0 Å². The Morgan fingerprint density at radius 3 is 2.46 bits per heavy atom. The average Bonchev–Trinajstić information content (AvgIpc) is 2.83. The lowest BCUT2D eigenvalue weighted by molar-refractivity contribution is 0.282. The van der Waals surface area contributed by atoms with Crippen molar-refractivity contribution in [3.63, 3.8) is 0 Å². The Bertz CT molecular complexity index is 861. The predicted molar refractivity (Wildman–Crippen MR) is 102 cm³/mol. The molecule has 5 nitrogen and oxygen atoms in total. The minimum absolute atomic E-state index is 0.0978. The molecule has 2 aromatic rings. The molecule has 1 aliphatic rings. The highest BCUT2D eigenvalue weighted by Gasteiger charge is 2.23. The minimum atomic E-state index is -3.56. The second-order valence-corrected chi connectivity index (χ2v) is 9.03. The molecule has 2 N–H and O–H groups in total. The van der Waals surface area contributed by atoms with E-state index in [4.69, 9.17) is 5.11 Å². The molecule has 3 rings (SSSR count). The van der Waals surface area contributed by atoms with E-state index in [0.29, 0.717) is 16.4 Å².